The summed E-state index contributed by atoms with van der Waals surface area (Å²) in [7, 11) is 1.59. The van der Waals surface area contributed by atoms with Crippen LogP contribution in [-0.2, 0) is 0 Å². The van der Waals surface area contributed by atoms with Gasteiger partial charge in [0.05, 0.1) is 7.11 Å². The number of methoxy groups -OCH3 is 1. The van der Waals surface area contributed by atoms with E-state index in [1.54, 1.807) is 19.3 Å². The highest BCUT2D eigenvalue weighted by atomic mass is 19.1. The Hall–Kier alpha value is -2.16. The fourth-order valence-electron chi connectivity index (χ4n) is 1.54. The molecule has 0 aromatic heterocycles. The average Bonchev–Trinajstić information content (AvgIpc) is 2.51. The van der Waals surface area contributed by atoms with Crippen LogP contribution in [0.1, 0.15) is 25.0 Å². The van der Waals surface area contributed by atoms with Gasteiger partial charge in [0.1, 0.15) is 17.4 Å². The zero-order valence-corrected chi connectivity index (χ0v) is 11.9. The lowest BCUT2D eigenvalue weighted by Crippen LogP contribution is -1.84. The van der Waals surface area contributed by atoms with E-state index in [0.717, 1.165) is 29.5 Å². The molecule has 106 valence electrons. The fourth-order valence-corrected chi connectivity index (χ4v) is 1.54. The summed E-state index contributed by atoms with van der Waals surface area (Å²) < 4.78 is 31.3. The predicted molar refractivity (Wildman–Crippen MR) is 79.6 cm³/mol. The Morgan fingerprint density at radius 3 is 2.15 bits per heavy atom. The lowest BCUT2D eigenvalue weighted by Gasteiger charge is -2.00. The largest absolute Gasteiger partial charge is 0.497 e. The minimum absolute atomic E-state index is 0.228. The van der Waals surface area contributed by atoms with Crippen molar-refractivity contribution in [3.63, 3.8) is 0 Å². The second-order valence-electron chi connectivity index (χ2n) is 3.77. The van der Waals surface area contributed by atoms with Crippen molar-refractivity contribution < 1.29 is 13.5 Å². The minimum Gasteiger partial charge on any atom is -0.497 e. The van der Waals surface area contributed by atoms with Crippen LogP contribution in [0.5, 0.6) is 5.75 Å². The van der Waals surface area contributed by atoms with Crippen LogP contribution in [0.25, 0.3) is 12.2 Å². The Morgan fingerprint density at radius 1 is 0.900 bits per heavy atom. The Morgan fingerprint density at radius 2 is 1.55 bits per heavy atom. The zero-order chi connectivity index (χ0) is 15.0. The van der Waals surface area contributed by atoms with Gasteiger partial charge in [-0.1, -0.05) is 38.1 Å². The molecule has 0 aliphatic heterocycles. The molecule has 1 nitrogen and oxygen atoms in total. The van der Waals surface area contributed by atoms with Crippen LogP contribution in [0.3, 0.4) is 0 Å². The predicted octanol–water partition coefficient (Wildman–Crippen LogP) is 5.17. The van der Waals surface area contributed by atoms with Crippen molar-refractivity contribution in [2.45, 2.75) is 13.8 Å². The molecule has 0 saturated carbocycles. The number of benzene rings is 2. The van der Waals surface area contributed by atoms with E-state index in [1.165, 1.54) is 0 Å². The first kappa shape index (κ1) is 15.9. The van der Waals surface area contributed by atoms with E-state index in [-0.39, 0.29) is 5.56 Å². The second kappa shape index (κ2) is 8.10. The molecule has 0 amide bonds. The van der Waals surface area contributed by atoms with Crippen molar-refractivity contribution in [3.05, 3.63) is 65.2 Å². The Balaban J connectivity index is 0.000000956. The number of halogens is 2. The molecule has 0 aliphatic carbocycles. The van der Waals surface area contributed by atoms with Gasteiger partial charge in [0.2, 0.25) is 0 Å². The molecule has 20 heavy (non-hydrogen) atoms. The van der Waals surface area contributed by atoms with Crippen molar-refractivity contribution >= 4 is 12.2 Å². The monoisotopic (exact) mass is 276 g/mol. The van der Waals surface area contributed by atoms with Crippen LogP contribution in [0.4, 0.5) is 8.78 Å². The van der Waals surface area contributed by atoms with Crippen molar-refractivity contribution in [2.75, 3.05) is 7.11 Å². The molecule has 0 spiro atoms. The van der Waals surface area contributed by atoms with Crippen LogP contribution >= 0.6 is 0 Å². The van der Waals surface area contributed by atoms with Gasteiger partial charge in [0, 0.05) is 5.56 Å². The summed E-state index contributed by atoms with van der Waals surface area (Å²) in [6.45, 7) is 4.00. The van der Waals surface area contributed by atoms with Crippen molar-refractivity contribution in [3.8, 4) is 5.75 Å². The van der Waals surface area contributed by atoms with Gasteiger partial charge in [-0.15, -0.1) is 0 Å². The number of rotatable bonds is 3. The summed E-state index contributed by atoms with van der Waals surface area (Å²) in [4.78, 5) is 0. The van der Waals surface area contributed by atoms with Gasteiger partial charge in [0.15, 0.2) is 0 Å². The molecule has 0 atom stereocenters. The van der Waals surface area contributed by atoms with Gasteiger partial charge in [-0.3, -0.25) is 0 Å². The third-order valence-corrected chi connectivity index (χ3v) is 2.53. The topological polar surface area (TPSA) is 9.23 Å². The Kier molecular flexibility index (Phi) is 6.44. The quantitative estimate of drug-likeness (QED) is 0.703. The molecular weight excluding hydrogens is 258 g/mol. The molecule has 3 heteroatoms. The van der Waals surface area contributed by atoms with E-state index in [2.05, 4.69) is 0 Å². The fraction of sp³-hybridized carbons (Fsp3) is 0.176. The van der Waals surface area contributed by atoms with Crippen molar-refractivity contribution in [2.24, 2.45) is 0 Å². The molecule has 2 aromatic carbocycles. The van der Waals surface area contributed by atoms with E-state index in [1.807, 2.05) is 38.1 Å². The summed E-state index contributed by atoms with van der Waals surface area (Å²) in [5, 5.41) is 0. The Bertz CT molecular complexity index is 560. The maximum absolute atomic E-state index is 13.4. The molecule has 0 N–H and O–H groups in total. The first-order chi connectivity index (χ1) is 9.69. The molecule has 0 heterocycles. The molecule has 0 radical (unpaired) electrons. The molecule has 0 fully saturated rings. The summed E-state index contributed by atoms with van der Waals surface area (Å²) >= 11 is 0. The van der Waals surface area contributed by atoms with Crippen molar-refractivity contribution in [1.82, 2.24) is 0 Å². The highest BCUT2D eigenvalue weighted by Gasteiger charge is 1.99. The Labute approximate surface area is 118 Å². The van der Waals surface area contributed by atoms with Gasteiger partial charge in [-0.25, -0.2) is 8.78 Å². The van der Waals surface area contributed by atoms with Gasteiger partial charge >= 0.3 is 0 Å². The second-order valence-corrected chi connectivity index (χ2v) is 3.77. The van der Waals surface area contributed by atoms with E-state index < -0.39 is 11.6 Å². The van der Waals surface area contributed by atoms with Crippen LogP contribution in [0.15, 0.2) is 42.5 Å². The van der Waals surface area contributed by atoms with Gasteiger partial charge < -0.3 is 4.74 Å². The first-order valence-corrected chi connectivity index (χ1v) is 6.46. The molecule has 2 rings (SSSR count). The summed E-state index contributed by atoms with van der Waals surface area (Å²) in [6.07, 6.45) is 3.26. The van der Waals surface area contributed by atoms with Crippen LogP contribution < -0.4 is 4.74 Å². The highest BCUT2D eigenvalue weighted by molar-refractivity contribution is 5.70. The molecule has 0 aliphatic rings. The average molecular weight is 276 g/mol. The van der Waals surface area contributed by atoms with Crippen molar-refractivity contribution in [1.29, 1.82) is 0 Å². The number of hydrogen-bond acceptors (Lipinski definition) is 1. The number of hydrogen-bond donors (Lipinski definition) is 0. The molecule has 0 saturated heterocycles. The normalized spacial score (nSPS) is 10.1. The lowest BCUT2D eigenvalue weighted by atomic mass is 10.1. The van der Waals surface area contributed by atoms with E-state index in [9.17, 15) is 8.78 Å². The maximum atomic E-state index is 13.4. The van der Waals surface area contributed by atoms with E-state index >= 15 is 0 Å². The smallest absolute Gasteiger partial charge is 0.130 e. The SMILES string of the molecule is CC.COc1ccc(/C=C/c2cc(F)ccc2F)cc1. The van der Waals surface area contributed by atoms with Gasteiger partial charge in [-0.05, 0) is 35.9 Å². The standard InChI is InChI=1S/C15H12F2O.C2H6/c1-18-14-7-3-11(4-8-14)2-5-12-10-13(16)6-9-15(12)17;1-2/h2-10H,1H3;1-2H3/b5-2+;. The van der Waals surface area contributed by atoms with E-state index in [0.29, 0.717) is 0 Å². The summed E-state index contributed by atoms with van der Waals surface area (Å²) in [6, 6.07) is 10.7. The molecular formula is C17H18F2O. The zero-order valence-electron chi connectivity index (χ0n) is 11.9. The van der Waals surface area contributed by atoms with Gasteiger partial charge in [0.25, 0.3) is 0 Å². The van der Waals surface area contributed by atoms with Crippen LogP contribution in [0.2, 0.25) is 0 Å². The van der Waals surface area contributed by atoms with Crippen LogP contribution in [-0.4, -0.2) is 7.11 Å². The minimum atomic E-state index is -0.453. The first-order valence-electron chi connectivity index (χ1n) is 6.46. The van der Waals surface area contributed by atoms with Crippen LogP contribution in [0, 0.1) is 11.6 Å². The molecule has 2 aromatic rings. The maximum Gasteiger partial charge on any atom is 0.130 e. The lowest BCUT2D eigenvalue weighted by molar-refractivity contribution is 0.415. The third-order valence-electron chi connectivity index (χ3n) is 2.53. The summed E-state index contributed by atoms with van der Waals surface area (Å²) in [5.41, 5.74) is 1.12. The third kappa shape index (κ3) is 4.50. The number of ether oxygens (including phenoxy) is 1. The van der Waals surface area contributed by atoms with E-state index in [4.69, 9.17) is 4.74 Å². The summed E-state index contributed by atoms with van der Waals surface area (Å²) in [5.74, 6) is -0.143. The highest BCUT2D eigenvalue weighted by Crippen LogP contribution is 2.16. The molecule has 0 unspecified atom stereocenters. The van der Waals surface area contributed by atoms with Gasteiger partial charge in [-0.2, -0.15) is 0 Å². The molecule has 0 bridgehead atoms.